The number of nitrogens with zero attached hydrogens (tertiary/aromatic N) is 2. The van der Waals surface area contributed by atoms with E-state index in [1.54, 1.807) is 20.8 Å². The predicted octanol–water partition coefficient (Wildman–Crippen LogP) is 0.0139. The number of aliphatic hydroxyl groups excluding tert-OH is 1. The lowest BCUT2D eigenvalue weighted by Gasteiger charge is -2.30. The van der Waals surface area contributed by atoms with E-state index in [-0.39, 0.29) is 5.82 Å². The van der Waals surface area contributed by atoms with Gasteiger partial charge in [0.25, 0.3) is 0 Å². The molecule has 3 rings (SSSR count). The second kappa shape index (κ2) is 4.76. The van der Waals surface area contributed by atoms with Gasteiger partial charge in [-0.2, -0.15) is 4.98 Å². The van der Waals surface area contributed by atoms with E-state index in [1.165, 1.54) is 16.8 Å². The summed E-state index contributed by atoms with van der Waals surface area (Å²) in [7, 11) is 0. The van der Waals surface area contributed by atoms with Crippen LogP contribution in [0.1, 0.15) is 33.9 Å². The minimum absolute atomic E-state index is 0.136. The number of hydrogen-bond acceptors (Lipinski definition) is 7. The Morgan fingerprint density at radius 2 is 2.14 bits per heavy atom. The Morgan fingerprint density at radius 1 is 1.45 bits per heavy atom. The largest absolute Gasteiger partial charge is 0.391 e. The van der Waals surface area contributed by atoms with Gasteiger partial charge in [-0.1, -0.05) is 0 Å². The molecule has 3 heterocycles. The zero-order valence-electron chi connectivity index (χ0n) is 13.0. The van der Waals surface area contributed by atoms with Crippen molar-refractivity contribution in [1.29, 1.82) is 0 Å². The van der Waals surface area contributed by atoms with Gasteiger partial charge in [0.1, 0.15) is 23.6 Å². The van der Waals surface area contributed by atoms with E-state index < -0.39 is 41.6 Å². The van der Waals surface area contributed by atoms with E-state index in [2.05, 4.69) is 4.98 Å². The van der Waals surface area contributed by atoms with Crippen molar-refractivity contribution in [1.82, 2.24) is 9.55 Å². The molecule has 5 atom stereocenters. The Morgan fingerprint density at radius 3 is 2.73 bits per heavy atom. The zero-order chi connectivity index (χ0) is 16.3. The van der Waals surface area contributed by atoms with Crippen molar-refractivity contribution in [2.75, 3.05) is 5.73 Å². The number of nitrogen functional groups attached to an aromatic ring is 1. The fraction of sp³-hybridized carbons (Fsp3) is 0.714. The van der Waals surface area contributed by atoms with E-state index >= 15 is 0 Å². The van der Waals surface area contributed by atoms with Crippen molar-refractivity contribution in [2.24, 2.45) is 0 Å². The molecule has 1 aromatic rings. The SMILES string of the molecule is C[C@@H](O)[C@H]1O[C@@H](n2ccc(N)nc2=O)[C@]2(C)OC(C)(C)O[C@H]12. The fourth-order valence-electron chi connectivity index (χ4n) is 3.29. The third kappa shape index (κ3) is 2.23. The number of aliphatic hydroxyl groups is 1. The van der Waals surface area contributed by atoms with Crippen molar-refractivity contribution in [2.45, 2.75) is 63.6 Å². The Balaban J connectivity index is 2.06. The van der Waals surface area contributed by atoms with Crippen LogP contribution in [-0.2, 0) is 14.2 Å². The average Bonchev–Trinajstić information content (AvgIpc) is 2.76. The van der Waals surface area contributed by atoms with Gasteiger partial charge in [0.05, 0.1) is 6.10 Å². The van der Waals surface area contributed by atoms with Crippen molar-refractivity contribution in [3.63, 3.8) is 0 Å². The molecular weight excluding hydrogens is 290 g/mol. The van der Waals surface area contributed by atoms with Crippen LogP contribution in [0.2, 0.25) is 0 Å². The van der Waals surface area contributed by atoms with Crippen LogP contribution in [0, 0.1) is 0 Å². The molecule has 0 aliphatic carbocycles. The first-order valence-corrected chi connectivity index (χ1v) is 7.20. The van der Waals surface area contributed by atoms with Crippen molar-refractivity contribution in [3.05, 3.63) is 22.7 Å². The van der Waals surface area contributed by atoms with Crippen LogP contribution in [0.4, 0.5) is 5.82 Å². The van der Waals surface area contributed by atoms with E-state index in [9.17, 15) is 9.90 Å². The number of aromatic nitrogens is 2. The number of anilines is 1. The van der Waals surface area contributed by atoms with Crippen LogP contribution in [0.15, 0.2) is 17.1 Å². The molecule has 0 bridgehead atoms. The first-order valence-electron chi connectivity index (χ1n) is 7.20. The number of nitrogens with two attached hydrogens (primary N) is 1. The summed E-state index contributed by atoms with van der Waals surface area (Å²) in [6, 6.07) is 1.51. The minimum Gasteiger partial charge on any atom is -0.391 e. The third-order valence-corrected chi connectivity index (χ3v) is 4.10. The molecular formula is C14H21N3O5. The molecule has 8 nitrogen and oxygen atoms in total. The predicted molar refractivity (Wildman–Crippen MR) is 76.9 cm³/mol. The van der Waals surface area contributed by atoms with Crippen LogP contribution < -0.4 is 11.4 Å². The standard InChI is InChI=1S/C14H21N3O5/c1-7(18)9-10-14(4,22-13(2,3)21-10)11(20-9)17-6-5-8(15)16-12(17)19/h5-7,9-11,18H,1-4H3,(H2,15,16,19)/t7-,9-,10-,11-,14-/m1/s1. The van der Waals surface area contributed by atoms with Gasteiger partial charge in [0.2, 0.25) is 0 Å². The summed E-state index contributed by atoms with van der Waals surface area (Å²) >= 11 is 0. The van der Waals surface area contributed by atoms with Crippen molar-refractivity contribution < 1.29 is 19.3 Å². The fourth-order valence-corrected chi connectivity index (χ4v) is 3.29. The first kappa shape index (κ1) is 15.4. The summed E-state index contributed by atoms with van der Waals surface area (Å²) in [6.45, 7) is 7.00. The summed E-state index contributed by atoms with van der Waals surface area (Å²) in [6.07, 6.45) is -1.14. The number of fused-ring (bicyclic) bond motifs is 1. The van der Waals surface area contributed by atoms with Crippen LogP contribution in [0.3, 0.4) is 0 Å². The molecule has 2 aliphatic heterocycles. The van der Waals surface area contributed by atoms with E-state index in [1.807, 2.05) is 6.92 Å². The average molecular weight is 311 g/mol. The van der Waals surface area contributed by atoms with Crippen molar-refractivity contribution in [3.8, 4) is 0 Å². The lowest BCUT2D eigenvalue weighted by molar-refractivity contribution is -0.222. The maximum absolute atomic E-state index is 12.1. The van der Waals surface area contributed by atoms with Crippen LogP contribution in [0.5, 0.6) is 0 Å². The smallest absolute Gasteiger partial charge is 0.351 e. The van der Waals surface area contributed by atoms with Gasteiger partial charge in [-0.05, 0) is 33.8 Å². The molecule has 122 valence electrons. The maximum atomic E-state index is 12.1. The second-order valence-electron chi connectivity index (χ2n) is 6.46. The maximum Gasteiger partial charge on any atom is 0.351 e. The highest BCUT2D eigenvalue weighted by Crippen LogP contribution is 2.51. The molecule has 0 saturated carbocycles. The van der Waals surface area contributed by atoms with Gasteiger partial charge in [0, 0.05) is 6.20 Å². The molecule has 8 heteroatoms. The van der Waals surface area contributed by atoms with Crippen LogP contribution in [-0.4, -0.2) is 44.4 Å². The summed E-state index contributed by atoms with van der Waals surface area (Å²) in [5, 5.41) is 9.98. The minimum atomic E-state index is -0.924. The lowest BCUT2D eigenvalue weighted by Crippen LogP contribution is -2.45. The topological polar surface area (TPSA) is 109 Å². The Bertz CT molecular complexity index is 644. The van der Waals surface area contributed by atoms with Gasteiger partial charge in [0.15, 0.2) is 12.0 Å². The first-order chi connectivity index (χ1) is 10.1. The zero-order valence-corrected chi connectivity index (χ0v) is 13.0. The normalized spacial score (nSPS) is 38.0. The molecule has 2 saturated heterocycles. The molecule has 22 heavy (non-hydrogen) atoms. The Hall–Kier alpha value is -1.48. The summed E-state index contributed by atoms with van der Waals surface area (Å²) in [5.74, 6) is -0.698. The molecule has 0 aromatic carbocycles. The van der Waals surface area contributed by atoms with Crippen LogP contribution >= 0.6 is 0 Å². The Labute approximate surface area is 127 Å². The lowest BCUT2D eigenvalue weighted by atomic mass is 9.94. The second-order valence-corrected chi connectivity index (χ2v) is 6.46. The molecule has 2 aliphatic rings. The van der Waals surface area contributed by atoms with E-state index in [0.717, 1.165) is 0 Å². The van der Waals surface area contributed by atoms with E-state index in [0.29, 0.717) is 0 Å². The van der Waals surface area contributed by atoms with Crippen LogP contribution in [0.25, 0.3) is 0 Å². The van der Waals surface area contributed by atoms with Gasteiger partial charge in [-0.25, -0.2) is 4.79 Å². The highest BCUT2D eigenvalue weighted by atomic mass is 16.8. The number of ether oxygens (including phenoxy) is 3. The molecule has 0 amide bonds. The third-order valence-electron chi connectivity index (χ3n) is 4.10. The van der Waals surface area contributed by atoms with Gasteiger partial charge >= 0.3 is 5.69 Å². The van der Waals surface area contributed by atoms with Crippen molar-refractivity contribution >= 4 is 5.82 Å². The molecule has 1 aromatic heterocycles. The molecule has 0 spiro atoms. The Kier molecular flexibility index (Phi) is 3.33. The molecule has 3 N–H and O–H groups in total. The summed E-state index contributed by atoms with van der Waals surface area (Å²) < 4.78 is 19.1. The molecule has 0 radical (unpaired) electrons. The highest BCUT2D eigenvalue weighted by Gasteiger charge is 2.65. The number of rotatable bonds is 2. The summed E-state index contributed by atoms with van der Waals surface area (Å²) in [4.78, 5) is 15.8. The quantitative estimate of drug-likeness (QED) is 0.792. The molecule has 2 fully saturated rings. The highest BCUT2D eigenvalue weighted by molar-refractivity contribution is 5.24. The van der Waals surface area contributed by atoms with Gasteiger partial charge in [-0.15, -0.1) is 0 Å². The monoisotopic (exact) mass is 311 g/mol. The van der Waals surface area contributed by atoms with Gasteiger partial charge in [-0.3, -0.25) is 4.57 Å². The van der Waals surface area contributed by atoms with E-state index in [4.69, 9.17) is 19.9 Å². The molecule has 0 unspecified atom stereocenters. The number of hydrogen-bond donors (Lipinski definition) is 2. The van der Waals surface area contributed by atoms with Gasteiger partial charge < -0.3 is 25.1 Å². The summed E-state index contributed by atoms with van der Waals surface area (Å²) in [5.41, 5.74) is 4.06.